The molecule has 2 rings (SSSR count). The first-order valence-corrected chi connectivity index (χ1v) is 7.62. The van der Waals surface area contributed by atoms with Gasteiger partial charge in [0.05, 0.1) is 12.7 Å². The van der Waals surface area contributed by atoms with Crippen molar-refractivity contribution in [1.82, 2.24) is 4.90 Å². The van der Waals surface area contributed by atoms with Crippen molar-refractivity contribution in [3.05, 3.63) is 58.1 Å². The Labute approximate surface area is 138 Å². The van der Waals surface area contributed by atoms with Crippen molar-refractivity contribution in [3.63, 3.8) is 0 Å². The van der Waals surface area contributed by atoms with Gasteiger partial charge in [0.25, 0.3) is 5.91 Å². The lowest BCUT2D eigenvalue weighted by Crippen LogP contribution is -2.26. The molecule has 2 aromatic rings. The molecular weight excluding hydrogens is 350 g/mol. The maximum absolute atomic E-state index is 12.5. The van der Waals surface area contributed by atoms with Gasteiger partial charge in [-0.25, -0.2) is 0 Å². The van der Waals surface area contributed by atoms with Crippen molar-refractivity contribution in [2.45, 2.75) is 11.4 Å². The van der Waals surface area contributed by atoms with Gasteiger partial charge in [-0.3, -0.25) is 4.79 Å². The van der Waals surface area contributed by atoms with Crippen molar-refractivity contribution >= 4 is 34.5 Å². The number of nitrogens with zero attached hydrogens (tertiary/aromatic N) is 1. The van der Waals surface area contributed by atoms with Crippen molar-refractivity contribution in [2.24, 2.45) is 0 Å². The minimum atomic E-state index is -0.0476. The number of ether oxygens (including phenoxy) is 1. The molecule has 0 aliphatic carbocycles. The second-order valence-corrected chi connectivity index (χ2v) is 6.04. The smallest absolute Gasteiger partial charge is 0.255 e. The molecule has 0 saturated carbocycles. The lowest BCUT2D eigenvalue weighted by Gasteiger charge is -2.18. The molecule has 0 fully saturated rings. The van der Waals surface area contributed by atoms with Crippen LogP contribution in [0.5, 0.6) is 5.75 Å². The quantitative estimate of drug-likeness (QED) is 0.829. The van der Waals surface area contributed by atoms with Gasteiger partial charge >= 0.3 is 0 Å². The molecule has 2 aromatic carbocycles. The number of thiol groups is 1. The molecule has 0 unspecified atom stereocenters. The van der Waals surface area contributed by atoms with Gasteiger partial charge in [-0.2, -0.15) is 0 Å². The highest BCUT2D eigenvalue weighted by Gasteiger charge is 2.15. The lowest BCUT2D eigenvalue weighted by molar-refractivity contribution is 0.0784. The molecule has 0 saturated heterocycles. The fourth-order valence-electron chi connectivity index (χ4n) is 1.96. The van der Waals surface area contributed by atoms with Crippen LogP contribution >= 0.6 is 28.6 Å². The van der Waals surface area contributed by atoms with Crippen LogP contribution in [-0.2, 0) is 6.54 Å². The predicted octanol–water partition coefficient (Wildman–Crippen LogP) is 4.02. The number of halogens is 1. The molecule has 0 aliphatic rings. The lowest BCUT2D eigenvalue weighted by atomic mass is 10.1. The number of amides is 1. The van der Waals surface area contributed by atoms with Gasteiger partial charge in [0, 0.05) is 23.0 Å². The molecule has 0 atom stereocenters. The minimum absolute atomic E-state index is 0.0476. The van der Waals surface area contributed by atoms with Crippen molar-refractivity contribution in [1.29, 1.82) is 0 Å². The van der Waals surface area contributed by atoms with Gasteiger partial charge in [0.2, 0.25) is 0 Å². The molecule has 21 heavy (non-hydrogen) atoms. The zero-order valence-electron chi connectivity index (χ0n) is 11.8. The first kappa shape index (κ1) is 15.9. The van der Waals surface area contributed by atoms with E-state index in [1.165, 1.54) is 0 Å². The molecule has 5 heteroatoms. The summed E-state index contributed by atoms with van der Waals surface area (Å²) in [6.45, 7) is 0.534. The van der Waals surface area contributed by atoms with E-state index in [9.17, 15) is 4.79 Å². The van der Waals surface area contributed by atoms with E-state index in [0.717, 1.165) is 20.7 Å². The summed E-state index contributed by atoms with van der Waals surface area (Å²) >= 11 is 7.69. The van der Waals surface area contributed by atoms with Crippen LogP contribution in [-0.4, -0.2) is 25.0 Å². The molecule has 0 spiro atoms. The number of carbonyl (C=O) groups excluding carboxylic acids is 1. The molecule has 1 amide bonds. The first-order chi connectivity index (χ1) is 10.0. The Morgan fingerprint density at radius 3 is 2.52 bits per heavy atom. The summed E-state index contributed by atoms with van der Waals surface area (Å²) in [5.74, 6) is 0.756. The maximum Gasteiger partial charge on any atom is 0.255 e. The van der Waals surface area contributed by atoms with Gasteiger partial charge in [0.15, 0.2) is 0 Å². The van der Waals surface area contributed by atoms with Crippen LogP contribution in [0.1, 0.15) is 15.9 Å². The predicted molar refractivity (Wildman–Crippen MR) is 90.2 cm³/mol. The van der Waals surface area contributed by atoms with Crippen LogP contribution < -0.4 is 4.74 Å². The molecule has 0 aliphatic heterocycles. The summed E-state index contributed by atoms with van der Waals surface area (Å²) in [4.78, 5) is 14.9. The average molecular weight is 366 g/mol. The second kappa shape index (κ2) is 7.00. The molecule has 0 radical (unpaired) electrons. The largest absolute Gasteiger partial charge is 0.497 e. The van der Waals surface area contributed by atoms with Gasteiger partial charge in [-0.05, 0) is 51.8 Å². The molecule has 110 valence electrons. The van der Waals surface area contributed by atoms with Crippen LogP contribution in [0.3, 0.4) is 0 Å². The zero-order chi connectivity index (χ0) is 15.4. The van der Waals surface area contributed by atoms with Crippen LogP contribution in [0.15, 0.2) is 51.8 Å². The first-order valence-electron chi connectivity index (χ1n) is 6.38. The normalized spacial score (nSPS) is 10.3. The van der Waals surface area contributed by atoms with Crippen LogP contribution in [0.25, 0.3) is 0 Å². The Bertz CT molecular complexity index is 643. The van der Waals surface area contributed by atoms with Crippen molar-refractivity contribution in [3.8, 4) is 5.75 Å². The molecule has 3 nitrogen and oxygen atoms in total. The van der Waals surface area contributed by atoms with Crippen molar-refractivity contribution < 1.29 is 9.53 Å². The fourth-order valence-corrected chi connectivity index (χ4v) is 2.58. The maximum atomic E-state index is 12.5. The number of hydrogen-bond donors (Lipinski definition) is 1. The van der Waals surface area contributed by atoms with Crippen molar-refractivity contribution in [2.75, 3.05) is 14.2 Å². The summed E-state index contributed by atoms with van der Waals surface area (Å²) in [5, 5.41) is 0. The van der Waals surface area contributed by atoms with Gasteiger partial charge in [-0.15, -0.1) is 12.6 Å². The SMILES string of the molecule is COc1ccc(CN(C)C(=O)c2cc(S)ccc2Br)cc1. The van der Waals surface area contributed by atoms with Crippen LogP contribution in [0.2, 0.25) is 0 Å². The topological polar surface area (TPSA) is 29.5 Å². The van der Waals surface area contributed by atoms with Crippen LogP contribution in [0.4, 0.5) is 0 Å². The van der Waals surface area contributed by atoms with E-state index < -0.39 is 0 Å². The highest BCUT2D eigenvalue weighted by Crippen LogP contribution is 2.22. The summed E-state index contributed by atoms with van der Waals surface area (Å²) in [6.07, 6.45) is 0. The standard InChI is InChI=1S/C16H16BrNO2S/c1-18(10-11-3-5-12(20-2)6-4-11)16(19)14-9-13(21)7-8-15(14)17/h3-9,21H,10H2,1-2H3. The van der Waals surface area contributed by atoms with E-state index in [1.807, 2.05) is 36.4 Å². The third kappa shape index (κ3) is 4.02. The Kier molecular flexibility index (Phi) is 5.31. The molecular formula is C16H16BrNO2S. The number of carbonyl (C=O) groups is 1. The Hall–Kier alpha value is -1.46. The number of benzene rings is 2. The Morgan fingerprint density at radius 2 is 1.90 bits per heavy atom. The second-order valence-electron chi connectivity index (χ2n) is 4.67. The van der Waals surface area contributed by atoms with Gasteiger partial charge in [0.1, 0.15) is 5.75 Å². The molecule has 0 heterocycles. The summed E-state index contributed by atoms with van der Waals surface area (Å²) in [6, 6.07) is 13.1. The number of hydrogen-bond acceptors (Lipinski definition) is 3. The van der Waals surface area contributed by atoms with E-state index in [4.69, 9.17) is 4.74 Å². The highest BCUT2D eigenvalue weighted by molar-refractivity contribution is 9.10. The molecule has 0 aromatic heterocycles. The van der Waals surface area contributed by atoms with E-state index in [-0.39, 0.29) is 5.91 Å². The monoisotopic (exact) mass is 365 g/mol. The van der Waals surface area contributed by atoms with E-state index in [2.05, 4.69) is 28.6 Å². The van der Waals surface area contributed by atoms with E-state index in [1.54, 1.807) is 25.1 Å². The zero-order valence-corrected chi connectivity index (χ0v) is 14.3. The summed E-state index contributed by atoms with van der Waals surface area (Å²) < 4.78 is 5.89. The minimum Gasteiger partial charge on any atom is -0.497 e. The number of methoxy groups -OCH3 is 1. The van der Waals surface area contributed by atoms with Crippen LogP contribution in [0, 0.1) is 0 Å². The third-order valence-corrected chi connectivity index (χ3v) is 4.08. The van der Waals surface area contributed by atoms with Gasteiger partial charge in [-0.1, -0.05) is 12.1 Å². The average Bonchev–Trinajstić information content (AvgIpc) is 2.49. The Balaban J connectivity index is 2.13. The highest BCUT2D eigenvalue weighted by atomic mass is 79.9. The molecule has 0 N–H and O–H groups in total. The summed E-state index contributed by atoms with van der Waals surface area (Å²) in [5.41, 5.74) is 1.66. The van der Waals surface area contributed by atoms with E-state index >= 15 is 0 Å². The Morgan fingerprint density at radius 1 is 1.24 bits per heavy atom. The fraction of sp³-hybridized carbons (Fsp3) is 0.188. The summed E-state index contributed by atoms with van der Waals surface area (Å²) in [7, 11) is 3.41. The molecule has 0 bridgehead atoms. The van der Waals surface area contributed by atoms with E-state index in [0.29, 0.717) is 12.1 Å². The van der Waals surface area contributed by atoms with Gasteiger partial charge < -0.3 is 9.64 Å². The third-order valence-electron chi connectivity index (χ3n) is 3.11. The number of rotatable bonds is 4.